The number of hydrogen-bond acceptors (Lipinski definition) is 2. The first kappa shape index (κ1) is 39.3. The van der Waals surface area contributed by atoms with E-state index >= 15 is 0 Å². The zero-order valence-electron chi connectivity index (χ0n) is 46.9. The third kappa shape index (κ3) is 7.04. The average Bonchev–Trinajstić information content (AvgIpc) is 4.36. The molecule has 0 saturated carbocycles. The number of aryl methyl sites for hydroxylation is 1. The Balaban J connectivity index is 1.01. The Morgan fingerprint density at radius 2 is 1.24 bits per heavy atom. The molecule has 74 heavy (non-hydrogen) atoms. The number of nitrogens with zero attached hydrogens (tertiary/aromatic N) is 4. The second kappa shape index (κ2) is 16.9. The first-order chi connectivity index (χ1) is 38.2. The van der Waals surface area contributed by atoms with Crippen molar-refractivity contribution in [2.45, 2.75) is 49.4 Å². The summed E-state index contributed by atoms with van der Waals surface area (Å²) in [6.45, 7) is 6.70. The Hall–Kier alpha value is -8.26. The second-order valence-electron chi connectivity index (χ2n) is 21.4. The maximum Gasteiger partial charge on any atom is 0.0629 e. The molecule has 356 valence electrons. The number of rotatable bonds is 6. The van der Waals surface area contributed by atoms with Gasteiger partial charge < -0.3 is 0 Å². The van der Waals surface area contributed by atoms with Crippen molar-refractivity contribution < 1.29 is 16.2 Å². The van der Waals surface area contributed by atoms with E-state index in [1.165, 1.54) is 26.3 Å². The molecule has 5 heterocycles. The van der Waals surface area contributed by atoms with Gasteiger partial charge in [0.2, 0.25) is 0 Å². The molecule has 0 bridgehead atoms. The van der Waals surface area contributed by atoms with E-state index in [4.69, 9.17) is 13.8 Å². The molecule has 2 aliphatic rings. The van der Waals surface area contributed by atoms with Crippen LogP contribution >= 0.6 is 0 Å². The molecule has 14 rings (SSSR count). The summed E-state index contributed by atoms with van der Waals surface area (Å²) < 4.78 is 60.1. The average molecular weight is 1020 g/mol. The fraction of sp³-hybridized carbons (Fsp3) is 0.118. The third-order valence-electron chi connectivity index (χ3n) is 15.5. The summed E-state index contributed by atoms with van der Waals surface area (Å²) >= 11 is -2.44. The molecular formula is C68H54GeN4O. The summed E-state index contributed by atoms with van der Waals surface area (Å²) in [6, 6.07) is 59.6. The van der Waals surface area contributed by atoms with Crippen LogP contribution in [0.15, 0.2) is 212 Å². The largest absolute Gasteiger partial charge is 0.0629 e. The first-order valence-electron chi connectivity index (χ1n) is 28.0. The van der Waals surface area contributed by atoms with Crippen LogP contribution in [0.4, 0.5) is 0 Å². The standard InChI is InChI=1S/C68H54GeN4O/c1-68(2,3)46-36-38-70-64(39-46)73-60-33-14-13-28-54(60)58-41-59(55-30-15-21-45-35-37-69(4,5)65(45)55)63(42-62(58)73)74-48-23-16-22-47(40-48)71-43-72-66-49(44-19-7-6-8-20-44)29-17-31-56(66)52-26-11-9-24-50(52)51-25-10-12-27-53(51)57-32-18-34-61(71)67(57)72/h6-34,36,38-42H,35,37H2,1-5H3/i6D,7D,8D,19D,20D. The molecule has 9 aromatic carbocycles. The molecule has 0 fully saturated rings. The fourth-order valence-electron chi connectivity index (χ4n) is 12.0. The molecular weight excluding hydrogens is 961 g/mol. The van der Waals surface area contributed by atoms with Crippen LogP contribution in [0.3, 0.4) is 0 Å². The molecule has 6 heteroatoms. The Morgan fingerprint density at radius 1 is 0.595 bits per heavy atom. The van der Waals surface area contributed by atoms with Crippen molar-refractivity contribution >= 4 is 50.5 Å². The minimum Gasteiger partial charge on any atom is -0.0617 e. The van der Waals surface area contributed by atoms with Gasteiger partial charge in [-0.05, 0) is 38.9 Å². The SMILES string of the molecule is [2H]c1c([2H])c([2H])c(-c2cccc3c2-[n+]2[c-]n(-c4cccc(Oc5cc6c(cc5-c5cccc7[c]5[Ge]([CH3])([CH3])[CH2]C7)c5ccccc5n6-c5cc(C(C)(C)C)ccn5)c4)c4cccc(c42)-c2ccccc2-c2ccccc2-3)c([2H])c1[2H]. The number of aromatic nitrogens is 4. The molecule has 0 aliphatic carbocycles. The summed E-state index contributed by atoms with van der Waals surface area (Å²) in [5.74, 6) is 7.31. The number of fused-ring (bicyclic) bond motifs is 11. The van der Waals surface area contributed by atoms with Crippen LogP contribution in [0, 0.1) is 6.33 Å². The van der Waals surface area contributed by atoms with Crippen molar-refractivity contribution in [2.24, 2.45) is 0 Å². The quantitative estimate of drug-likeness (QED) is 0.0945. The van der Waals surface area contributed by atoms with Gasteiger partial charge in [-0.3, -0.25) is 0 Å². The fourth-order valence-corrected chi connectivity index (χ4v) is 18.6. The van der Waals surface area contributed by atoms with Crippen LogP contribution in [0.2, 0.25) is 16.8 Å². The van der Waals surface area contributed by atoms with Crippen molar-refractivity contribution in [1.82, 2.24) is 14.1 Å². The predicted octanol–water partition coefficient (Wildman–Crippen LogP) is 16.4. The predicted molar refractivity (Wildman–Crippen MR) is 307 cm³/mol. The topological polar surface area (TPSA) is 35.9 Å². The van der Waals surface area contributed by atoms with Crippen molar-refractivity contribution in [1.29, 1.82) is 0 Å². The van der Waals surface area contributed by atoms with Gasteiger partial charge in [0.15, 0.2) is 0 Å². The van der Waals surface area contributed by atoms with Gasteiger partial charge in [-0.2, -0.15) is 0 Å². The molecule has 0 atom stereocenters. The minimum atomic E-state index is -2.44. The number of imidazole rings is 1. The number of ether oxygens (including phenoxy) is 1. The van der Waals surface area contributed by atoms with Crippen LogP contribution in [0.1, 0.15) is 38.8 Å². The number of pyridine rings is 1. The summed E-state index contributed by atoms with van der Waals surface area (Å²) in [4.78, 5) is 5.02. The Morgan fingerprint density at radius 3 is 2.04 bits per heavy atom. The molecule has 0 spiro atoms. The molecule has 2 aliphatic heterocycles. The van der Waals surface area contributed by atoms with Gasteiger partial charge in [-0.25, -0.2) is 0 Å². The van der Waals surface area contributed by atoms with Crippen LogP contribution in [-0.2, 0) is 11.8 Å². The first-order valence-corrected chi connectivity index (χ1v) is 32.2. The van der Waals surface area contributed by atoms with E-state index in [0.717, 1.165) is 95.5 Å². The van der Waals surface area contributed by atoms with E-state index in [9.17, 15) is 2.74 Å². The molecule has 0 unspecified atom stereocenters. The van der Waals surface area contributed by atoms with Crippen molar-refractivity contribution in [3.63, 3.8) is 0 Å². The second-order valence-corrected chi connectivity index (χ2v) is 31.4. The zero-order chi connectivity index (χ0) is 54.2. The number of benzene rings is 9. The summed E-state index contributed by atoms with van der Waals surface area (Å²) in [7, 11) is 0. The maximum absolute atomic E-state index is 9.30. The van der Waals surface area contributed by atoms with Crippen LogP contribution in [-0.4, -0.2) is 27.4 Å². The molecule has 12 aromatic rings. The van der Waals surface area contributed by atoms with E-state index in [1.54, 1.807) is 0 Å². The summed E-state index contributed by atoms with van der Waals surface area (Å²) in [5, 5.41) is 3.52. The van der Waals surface area contributed by atoms with Gasteiger partial charge in [0.25, 0.3) is 0 Å². The van der Waals surface area contributed by atoms with Gasteiger partial charge in [-0.1, -0.05) is 103 Å². The number of para-hydroxylation sites is 3. The van der Waals surface area contributed by atoms with Gasteiger partial charge in [0.1, 0.15) is 0 Å². The van der Waals surface area contributed by atoms with Crippen molar-refractivity contribution in [3.8, 4) is 84.3 Å². The van der Waals surface area contributed by atoms with Gasteiger partial charge in [-0.15, -0.1) is 0 Å². The zero-order valence-corrected chi connectivity index (χ0v) is 44.0. The normalized spacial score (nSPS) is 14.4. The summed E-state index contributed by atoms with van der Waals surface area (Å²) in [6.07, 6.45) is 6.83. The summed E-state index contributed by atoms with van der Waals surface area (Å²) in [5.41, 5.74) is 16.5. The van der Waals surface area contributed by atoms with Crippen LogP contribution in [0.5, 0.6) is 11.5 Å². The Kier molecular flexibility index (Phi) is 8.98. The minimum absolute atomic E-state index is 0.0839. The molecule has 3 aromatic heterocycles. The number of hydrogen-bond donors (Lipinski definition) is 0. The Bertz CT molecular complexity index is 4540. The molecule has 0 radical (unpaired) electrons. The Labute approximate surface area is 442 Å². The molecule has 0 N–H and O–H groups in total. The smallest absolute Gasteiger partial charge is 0.0617 e. The van der Waals surface area contributed by atoms with Crippen LogP contribution in [0.25, 0.3) is 106 Å². The van der Waals surface area contributed by atoms with E-state index in [1.807, 2.05) is 47.2 Å². The monoisotopic (exact) mass is 1020 g/mol. The van der Waals surface area contributed by atoms with E-state index < -0.39 is 31.4 Å². The van der Waals surface area contributed by atoms with Crippen LogP contribution < -0.4 is 13.7 Å². The van der Waals surface area contributed by atoms with E-state index in [-0.39, 0.29) is 23.1 Å². The van der Waals surface area contributed by atoms with E-state index in [2.05, 4.69) is 187 Å². The van der Waals surface area contributed by atoms with Gasteiger partial charge >= 0.3 is 295 Å². The van der Waals surface area contributed by atoms with E-state index in [0.29, 0.717) is 17.0 Å². The molecule has 0 amide bonds. The molecule has 0 saturated heterocycles. The van der Waals surface area contributed by atoms with Crippen molar-refractivity contribution in [2.75, 3.05) is 0 Å². The van der Waals surface area contributed by atoms with Gasteiger partial charge in [0, 0.05) is 0 Å². The maximum atomic E-state index is 9.30. The third-order valence-corrected chi connectivity index (χ3v) is 22.7. The van der Waals surface area contributed by atoms with Gasteiger partial charge in [0.05, 0.1) is 6.85 Å². The molecule has 5 nitrogen and oxygen atoms in total. The van der Waals surface area contributed by atoms with Crippen molar-refractivity contribution in [3.05, 3.63) is 230 Å².